The minimum Gasteiger partial charge on any atom is -0.478 e. The molecule has 13 heavy (non-hydrogen) atoms. The Labute approximate surface area is 83.8 Å². The zero-order chi connectivity index (χ0) is 8.72. The summed E-state index contributed by atoms with van der Waals surface area (Å²) in [6.45, 7) is 0. The number of aliphatic carboxylic acids is 1. The molecule has 0 saturated carbocycles. The van der Waals surface area contributed by atoms with E-state index in [0.29, 0.717) is 11.6 Å². The van der Waals surface area contributed by atoms with Gasteiger partial charge in [0, 0.05) is 12.1 Å². The molecule has 74 valence electrons. The van der Waals surface area contributed by atoms with E-state index in [1.165, 1.54) is 0 Å². The summed E-state index contributed by atoms with van der Waals surface area (Å²) in [6.07, 6.45) is 4.97. The third-order valence-corrected chi connectivity index (χ3v) is 3.06. The van der Waals surface area contributed by atoms with E-state index in [2.05, 4.69) is 4.90 Å². The zero-order valence-corrected chi connectivity index (χ0v) is 8.38. The average molecular weight is 204 g/mol. The van der Waals surface area contributed by atoms with Crippen LogP contribution in [0.5, 0.6) is 0 Å². The smallest absolute Gasteiger partial charge is 0.332 e. The first kappa shape index (κ1) is 10.5. The minimum absolute atomic E-state index is 0. The maximum atomic E-state index is 10.8. The molecule has 0 aromatic heterocycles. The Balaban J connectivity index is 0.000000845. The van der Waals surface area contributed by atoms with Crippen LogP contribution in [0.2, 0.25) is 0 Å². The SMILES string of the molecule is CN1[C@@H]2CC=C(C(=O)O)[C@H]1CC2.Cl. The Morgan fingerprint density at radius 3 is 2.92 bits per heavy atom. The zero-order valence-electron chi connectivity index (χ0n) is 7.56. The molecular weight excluding hydrogens is 190 g/mol. The summed E-state index contributed by atoms with van der Waals surface area (Å²) >= 11 is 0. The summed E-state index contributed by atoms with van der Waals surface area (Å²) in [5, 5.41) is 8.88. The molecule has 3 nitrogen and oxygen atoms in total. The number of carboxylic acids is 1. The molecule has 2 atom stereocenters. The highest BCUT2D eigenvalue weighted by molar-refractivity contribution is 5.88. The van der Waals surface area contributed by atoms with Gasteiger partial charge in [0.25, 0.3) is 0 Å². The number of rotatable bonds is 1. The van der Waals surface area contributed by atoms with Crippen molar-refractivity contribution in [3.63, 3.8) is 0 Å². The van der Waals surface area contributed by atoms with Crippen LogP contribution in [0.3, 0.4) is 0 Å². The van der Waals surface area contributed by atoms with Crippen LogP contribution < -0.4 is 0 Å². The number of hydrogen-bond donors (Lipinski definition) is 1. The van der Waals surface area contributed by atoms with Gasteiger partial charge in [-0.1, -0.05) is 6.08 Å². The minimum atomic E-state index is -0.743. The monoisotopic (exact) mass is 203 g/mol. The number of carboxylic acid groups (broad SMARTS) is 1. The molecule has 2 bridgehead atoms. The second-order valence-corrected chi connectivity index (χ2v) is 3.61. The van der Waals surface area contributed by atoms with E-state index in [4.69, 9.17) is 5.11 Å². The molecule has 0 spiro atoms. The number of carbonyl (C=O) groups is 1. The van der Waals surface area contributed by atoms with Crippen LogP contribution in [-0.2, 0) is 4.79 Å². The van der Waals surface area contributed by atoms with E-state index in [9.17, 15) is 4.79 Å². The first-order valence-corrected chi connectivity index (χ1v) is 4.35. The highest BCUT2D eigenvalue weighted by atomic mass is 35.5. The summed E-state index contributed by atoms with van der Waals surface area (Å²) in [4.78, 5) is 13.0. The first-order chi connectivity index (χ1) is 5.70. The van der Waals surface area contributed by atoms with Crippen LogP contribution >= 0.6 is 12.4 Å². The Morgan fingerprint density at radius 2 is 2.31 bits per heavy atom. The fraction of sp³-hybridized carbons (Fsp3) is 0.667. The van der Waals surface area contributed by atoms with Gasteiger partial charge in [0.2, 0.25) is 0 Å². The molecule has 1 fully saturated rings. The fourth-order valence-electron chi connectivity index (χ4n) is 2.30. The highest BCUT2D eigenvalue weighted by Crippen LogP contribution is 2.33. The van der Waals surface area contributed by atoms with Gasteiger partial charge in [-0.2, -0.15) is 0 Å². The molecule has 0 radical (unpaired) electrons. The van der Waals surface area contributed by atoms with Crippen molar-refractivity contribution in [1.82, 2.24) is 4.90 Å². The molecule has 1 saturated heterocycles. The Morgan fingerprint density at radius 1 is 1.62 bits per heavy atom. The summed E-state index contributed by atoms with van der Waals surface area (Å²) < 4.78 is 0. The molecule has 2 aliphatic rings. The Hall–Kier alpha value is -0.540. The normalized spacial score (nSPS) is 32.2. The van der Waals surface area contributed by atoms with Crippen molar-refractivity contribution in [2.24, 2.45) is 0 Å². The summed E-state index contributed by atoms with van der Waals surface area (Å²) in [7, 11) is 2.03. The topological polar surface area (TPSA) is 40.5 Å². The van der Waals surface area contributed by atoms with Crippen molar-refractivity contribution >= 4 is 18.4 Å². The lowest BCUT2D eigenvalue weighted by molar-refractivity contribution is -0.133. The lowest BCUT2D eigenvalue weighted by Crippen LogP contribution is -2.38. The van der Waals surface area contributed by atoms with Gasteiger partial charge < -0.3 is 5.11 Å². The number of hydrogen-bond acceptors (Lipinski definition) is 2. The first-order valence-electron chi connectivity index (χ1n) is 4.35. The molecule has 2 aliphatic heterocycles. The van der Waals surface area contributed by atoms with Gasteiger partial charge in [0.05, 0.1) is 5.57 Å². The molecule has 0 unspecified atom stereocenters. The molecule has 0 amide bonds. The quantitative estimate of drug-likeness (QED) is 0.698. The van der Waals surface area contributed by atoms with Crippen molar-refractivity contribution in [2.45, 2.75) is 31.3 Å². The van der Waals surface area contributed by atoms with Crippen molar-refractivity contribution in [2.75, 3.05) is 7.05 Å². The molecule has 0 aliphatic carbocycles. The molecule has 4 heteroatoms. The van der Waals surface area contributed by atoms with Crippen molar-refractivity contribution in [3.05, 3.63) is 11.6 Å². The largest absolute Gasteiger partial charge is 0.478 e. The van der Waals surface area contributed by atoms with Gasteiger partial charge in [0.15, 0.2) is 0 Å². The van der Waals surface area contributed by atoms with Gasteiger partial charge in [-0.25, -0.2) is 4.79 Å². The van der Waals surface area contributed by atoms with Crippen LogP contribution in [0.4, 0.5) is 0 Å². The third kappa shape index (κ3) is 1.58. The van der Waals surface area contributed by atoms with E-state index in [-0.39, 0.29) is 18.4 Å². The van der Waals surface area contributed by atoms with Crippen LogP contribution in [-0.4, -0.2) is 35.1 Å². The van der Waals surface area contributed by atoms with E-state index in [1.807, 2.05) is 13.1 Å². The van der Waals surface area contributed by atoms with E-state index in [1.54, 1.807) is 0 Å². The second kappa shape index (κ2) is 3.68. The van der Waals surface area contributed by atoms with Crippen LogP contribution in [0, 0.1) is 0 Å². The summed E-state index contributed by atoms with van der Waals surface area (Å²) in [5.74, 6) is -0.743. The summed E-state index contributed by atoms with van der Waals surface area (Å²) in [6, 6.07) is 0.777. The maximum absolute atomic E-state index is 10.8. The van der Waals surface area contributed by atoms with Crippen molar-refractivity contribution < 1.29 is 9.90 Å². The molecule has 2 heterocycles. The second-order valence-electron chi connectivity index (χ2n) is 3.61. The van der Waals surface area contributed by atoms with E-state index < -0.39 is 5.97 Å². The standard InChI is InChI=1S/C9H13NO2.ClH/c1-10-6-2-4-7(9(11)12)8(10)5-3-6;/h4,6,8H,2-3,5H2,1H3,(H,11,12);1H/t6-,8-;/m1./s1. The van der Waals surface area contributed by atoms with Crippen LogP contribution in [0.25, 0.3) is 0 Å². The molecule has 1 N–H and O–H groups in total. The molecular formula is C9H14ClNO2. The number of likely N-dealkylation sites (N-methyl/N-ethyl adjacent to an activating group) is 1. The predicted octanol–water partition coefficient (Wildman–Crippen LogP) is 1.29. The van der Waals surface area contributed by atoms with Gasteiger partial charge >= 0.3 is 5.97 Å². The van der Waals surface area contributed by atoms with Crippen LogP contribution in [0.15, 0.2) is 11.6 Å². The molecule has 2 rings (SSSR count). The lowest BCUT2D eigenvalue weighted by atomic mass is 10.0. The van der Waals surface area contributed by atoms with Gasteiger partial charge in [0.1, 0.15) is 0 Å². The summed E-state index contributed by atoms with van der Waals surface area (Å²) in [5.41, 5.74) is 0.603. The Bertz CT molecular complexity index is 252. The van der Waals surface area contributed by atoms with Crippen LogP contribution in [0.1, 0.15) is 19.3 Å². The number of fused-ring (bicyclic) bond motifs is 2. The Kier molecular flexibility index (Phi) is 2.98. The number of nitrogens with zero attached hydrogens (tertiary/aromatic N) is 1. The van der Waals surface area contributed by atoms with Gasteiger partial charge in [-0.3, -0.25) is 4.90 Å². The van der Waals surface area contributed by atoms with E-state index in [0.717, 1.165) is 19.3 Å². The van der Waals surface area contributed by atoms with E-state index >= 15 is 0 Å². The van der Waals surface area contributed by atoms with Crippen molar-refractivity contribution in [3.8, 4) is 0 Å². The molecule has 0 aromatic rings. The van der Waals surface area contributed by atoms with Crippen molar-refractivity contribution in [1.29, 1.82) is 0 Å². The molecule has 0 aromatic carbocycles. The predicted molar refractivity (Wildman–Crippen MR) is 52.2 cm³/mol. The maximum Gasteiger partial charge on any atom is 0.332 e. The van der Waals surface area contributed by atoms with Gasteiger partial charge in [-0.05, 0) is 26.3 Å². The fourth-order valence-corrected chi connectivity index (χ4v) is 2.30. The lowest BCUT2D eigenvalue weighted by Gasteiger charge is -2.29. The average Bonchev–Trinajstić information content (AvgIpc) is 2.32. The number of halogens is 1. The van der Waals surface area contributed by atoms with Gasteiger partial charge in [-0.15, -0.1) is 12.4 Å². The highest BCUT2D eigenvalue weighted by Gasteiger charge is 2.37. The third-order valence-electron chi connectivity index (χ3n) is 3.06.